The van der Waals surface area contributed by atoms with Crippen molar-refractivity contribution in [2.24, 2.45) is 0 Å². The van der Waals surface area contributed by atoms with Crippen LogP contribution >= 0.6 is 15.9 Å². The van der Waals surface area contributed by atoms with Crippen LogP contribution in [0.4, 0.5) is 0 Å². The third-order valence-electron chi connectivity index (χ3n) is 0.856. The van der Waals surface area contributed by atoms with Crippen LogP contribution in [0.25, 0.3) is 0 Å². The Hall–Kier alpha value is -0.970. The Morgan fingerprint density at radius 2 is 2.10 bits per heavy atom. The molecule has 4 nitrogen and oxygen atoms in total. The Labute approximate surface area is 65.1 Å². The van der Waals surface area contributed by atoms with Gasteiger partial charge in [0.1, 0.15) is 4.60 Å². The van der Waals surface area contributed by atoms with Crippen molar-refractivity contribution in [3.05, 3.63) is 22.7 Å². The quantitative estimate of drug-likeness (QED) is 0.737. The zero-order valence-electron chi connectivity index (χ0n) is 4.78. The molecule has 1 aromatic heterocycles. The van der Waals surface area contributed by atoms with Gasteiger partial charge in [0.25, 0.3) is 0 Å². The van der Waals surface area contributed by atoms with E-state index in [0.717, 1.165) is 0 Å². The molecule has 0 saturated carbocycles. The van der Waals surface area contributed by atoms with Crippen LogP contribution in [0.3, 0.4) is 0 Å². The van der Waals surface area contributed by atoms with Crippen LogP contribution in [0.1, 0.15) is 10.5 Å². The molecule has 0 atom stereocenters. The van der Waals surface area contributed by atoms with E-state index in [1.165, 1.54) is 12.4 Å². The molecule has 0 saturated heterocycles. The van der Waals surface area contributed by atoms with E-state index in [1.54, 1.807) is 0 Å². The second kappa shape index (κ2) is 2.74. The van der Waals surface area contributed by atoms with Gasteiger partial charge in [0.15, 0.2) is 5.69 Å². The van der Waals surface area contributed by atoms with Crippen molar-refractivity contribution in [3.63, 3.8) is 0 Å². The standard InChI is InChI=1S/C5H3BrN2O2/c6-4-3(5(9)10)7-1-2-8-4/h1-2H,(H,9,10). The number of carbonyl (C=O) groups is 1. The lowest BCUT2D eigenvalue weighted by molar-refractivity contribution is 0.0688. The fourth-order valence-electron chi connectivity index (χ4n) is 0.465. The van der Waals surface area contributed by atoms with Gasteiger partial charge in [0.2, 0.25) is 0 Å². The summed E-state index contributed by atoms with van der Waals surface area (Å²) in [5, 5.41) is 8.43. The SMILES string of the molecule is O=C(O)c1nccnc1Br. The lowest BCUT2D eigenvalue weighted by Crippen LogP contribution is -2.01. The van der Waals surface area contributed by atoms with Crippen molar-refractivity contribution < 1.29 is 9.90 Å². The van der Waals surface area contributed by atoms with Crippen LogP contribution in [-0.2, 0) is 0 Å². The van der Waals surface area contributed by atoms with Gasteiger partial charge in [0, 0.05) is 12.4 Å². The van der Waals surface area contributed by atoms with E-state index >= 15 is 0 Å². The van der Waals surface area contributed by atoms with Gasteiger partial charge in [0.05, 0.1) is 0 Å². The molecule has 0 aliphatic carbocycles. The number of aromatic nitrogens is 2. The smallest absolute Gasteiger partial charge is 0.357 e. The molecule has 10 heavy (non-hydrogen) atoms. The first-order valence-corrected chi connectivity index (χ1v) is 3.21. The maximum absolute atomic E-state index is 10.3. The van der Waals surface area contributed by atoms with Crippen molar-refractivity contribution in [1.82, 2.24) is 9.97 Å². The van der Waals surface area contributed by atoms with Crippen LogP contribution in [0.2, 0.25) is 0 Å². The number of rotatable bonds is 1. The molecule has 0 amide bonds. The summed E-state index contributed by atoms with van der Waals surface area (Å²) in [4.78, 5) is 17.5. The minimum Gasteiger partial charge on any atom is -0.476 e. The first kappa shape index (κ1) is 7.14. The van der Waals surface area contributed by atoms with E-state index in [4.69, 9.17) is 5.11 Å². The summed E-state index contributed by atoms with van der Waals surface area (Å²) < 4.78 is 0.252. The zero-order chi connectivity index (χ0) is 7.56. The molecule has 5 heteroatoms. The van der Waals surface area contributed by atoms with Crippen LogP contribution in [0, 0.1) is 0 Å². The predicted molar refractivity (Wildman–Crippen MR) is 36.7 cm³/mol. The monoisotopic (exact) mass is 202 g/mol. The minimum atomic E-state index is -1.08. The number of carboxylic acid groups (broad SMARTS) is 1. The first-order valence-electron chi connectivity index (χ1n) is 2.41. The van der Waals surface area contributed by atoms with Crippen molar-refractivity contribution in [1.29, 1.82) is 0 Å². The van der Waals surface area contributed by atoms with E-state index in [1.807, 2.05) is 0 Å². The Bertz CT molecular complexity index is 264. The molecule has 52 valence electrons. The van der Waals surface area contributed by atoms with Crippen LogP contribution in [0.15, 0.2) is 17.0 Å². The Morgan fingerprint density at radius 1 is 1.50 bits per heavy atom. The van der Waals surface area contributed by atoms with Gasteiger partial charge in [-0.25, -0.2) is 14.8 Å². The number of hydrogen-bond donors (Lipinski definition) is 1. The average molecular weight is 203 g/mol. The molecule has 1 rings (SSSR count). The summed E-state index contributed by atoms with van der Waals surface area (Å²) in [6.07, 6.45) is 2.74. The summed E-state index contributed by atoms with van der Waals surface area (Å²) in [7, 11) is 0. The number of hydrogen-bond acceptors (Lipinski definition) is 3. The highest BCUT2D eigenvalue weighted by Crippen LogP contribution is 2.08. The molecule has 0 aromatic carbocycles. The minimum absolute atomic E-state index is 0.0671. The molecule has 0 fully saturated rings. The van der Waals surface area contributed by atoms with E-state index in [-0.39, 0.29) is 10.3 Å². The number of nitrogens with zero attached hydrogens (tertiary/aromatic N) is 2. The van der Waals surface area contributed by atoms with Crippen molar-refractivity contribution in [2.45, 2.75) is 0 Å². The van der Waals surface area contributed by atoms with Gasteiger partial charge in [-0.15, -0.1) is 0 Å². The van der Waals surface area contributed by atoms with Gasteiger partial charge in [-0.05, 0) is 15.9 Å². The van der Waals surface area contributed by atoms with E-state index in [2.05, 4.69) is 25.9 Å². The summed E-state index contributed by atoms with van der Waals surface area (Å²) in [5.41, 5.74) is -0.0671. The van der Waals surface area contributed by atoms with Crippen molar-refractivity contribution in [2.75, 3.05) is 0 Å². The molecular weight excluding hydrogens is 200 g/mol. The second-order valence-corrected chi connectivity index (χ2v) is 2.25. The lowest BCUT2D eigenvalue weighted by atomic mass is 10.5. The first-order chi connectivity index (χ1) is 4.72. The number of halogens is 1. The fourth-order valence-corrected chi connectivity index (χ4v) is 0.855. The van der Waals surface area contributed by atoms with Crippen molar-refractivity contribution in [3.8, 4) is 0 Å². The highest BCUT2D eigenvalue weighted by Gasteiger charge is 2.08. The van der Waals surface area contributed by atoms with Crippen molar-refractivity contribution >= 4 is 21.9 Å². The summed E-state index contributed by atoms with van der Waals surface area (Å²) in [6.45, 7) is 0. The molecule has 0 radical (unpaired) electrons. The average Bonchev–Trinajstić information content (AvgIpc) is 1.88. The maximum atomic E-state index is 10.3. The van der Waals surface area contributed by atoms with Gasteiger partial charge in [-0.1, -0.05) is 0 Å². The maximum Gasteiger partial charge on any atom is 0.357 e. The lowest BCUT2D eigenvalue weighted by Gasteiger charge is -1.92. The second-order valence-electron chi connectivity index (χ2n) is 1.50. The molecule has 0 aliphatic rings. The Kier molecular flexibility index (Phi) is 1.96. The molecule has 1 heterocycles. The normalized spacial score (nSPS) is 9.30. The Morgan fingerprint density at radius 3 is 2.50 bits per heavy atom. The molecule has 0 bridgehead atoms. The van der Waals surface area contributed by atoms with Crippen LogP contribution < -0.4 is 0 Å². The molecule has 1 N–H and O–H groups in total. The highest BCUT2D eigenvalue weighted by molar-refractivity contribution is 9.10. The van der Waals surface area contributed by atoms with Gasteiger partial charge in [-0.2, -0.15) is 0 Å². The summed E-state index contributed by atoms with van der Waals surface area (Å²) in [6, 6.07) is 0. The molecule has 0 spiro atoms. The predicted octanol–water partition coefficient (Wildman–Crippen LogP) is 0.937. The molecule has 1 aromatic rings. The van der Waals surface area contributed by atoms with E-state index < -0.39 is 5.97 Å². The molecule has 0 aliphatic heterocycles. The zero-order valence-corrected chi connectivity index (χ0v) is 6.37. The fraction of sp³-hybridized carbons (Fsp3) is 0. The molecular formula is C5H3BrN2O2. The largest absolute Gasteiger partial charge is 0.476 e. The number of aromatic carboxylic acids is 1. The molecule has 0 unspecified atom stereocenters. The van der Waals surface area contributed by atoms with Gasteiger partial charge < -0.3 is 5.11 Å². The number of carboxylic acids is 1. The third-order valence-corrected chi connectivity index (χ3v) is 1.44. The third kappa shape index (κ3) is 1.30. The van der Waals surface area contributed by atoms with E-state index in [9.17, 15) is 4.79 Å². The van der Waals surface area contributed by atoms with Gasteiger partial charge >= 0.3 is 5.97 Å². The Balaban J connectivity index is 3.15. The van der Waals surface area contributed by atoms with Gasteiger partial charge in [-0.3, -0.25) is 0 Å². The highest BCUT2D eigenvalue weighted by atomic mass is 79.9. The summed E-state index contributed by atoms with van der Waals surface area (Å²) >= 11 is 2.94. The van der Waals surface area contributed by atoms with Crippen LogP contribution in [0.5, 0.6) is 0 Å². The summed E-state index contributed by atoms with van der Waals surface area (Å²) in [5.74, 6) is -1.08. The topological polar surface area (TPSA) is 63.1 Å². The van der Waals surface area contributed by atoms with E-state index in [0.29, 0.717) is 0 Å². The van der Waals surface area contributed by atoms with Crippen LogP contribution in [-0.4, -0.2) is 21.0 Å².